The van der Waals surface area contributed by atoms with Crippen LogP contribution in [0.1, 0.15) is 19.8 Å². The quantitative estimate of drug-likeness (QED) is 0.557. The topological polar surface area (TPSA) is 89.1 Å². The molecule has 1 atom stereocenters. The Morgan fingerprint density at radius 3 is 2.67 bits per heavy atom. The molecule has 1 rings (SSSR count). The predicted octanol–water partition coefficient (Wildman–Crippen LogP) is -0.107. The fourth-order valence-electron chi connectivity index (χ4n) is 1.21. The Morgan fingerprint density at radius 1 is 1.67 bits per heavy atom. The summed E-state index contributed by atoms with van der Waals surface area (Å²) in [6.07, 6.45) is 0.182. The first-order valence-electron chi connectivity index (χ1n) is 3.62. The number of carboxylic acid groups (broad SMARTS) is 1. The van der Waals surface area contributed by atoms with Crippen molar-refractivity contribution in [3.63, 3.8) is 0 Å². The highest BCUT2D eigenvalue weighted by molar-refractivity contribution is 5.84. The van der Waals surface area contributed by atoms with E-state index in [1.807, 2.05) is 6.92 Å². The third kappa shape index (κ3) is 2.20. The Balaban J connectivity index is 0.00000121. The molecule has 1 amide bonds. The standard InChI is InChI=1S/C7H11NO3.H2O/c1-5-2-3-6(9)4-8(5)7(10)11;/h5H,2-4H2,1H3,(H,10,11);1H2. The Hall–Kier alpha value is -1.10. The average Bonchev–Trinajstić information content (AvgIpc) is 1.94. The van der Waals surface area contributed by atoms with Gasteiger partial charge < -0.3 is 10.6 Å². The van der Waals surface area contributed by atoms with Crippen LogP contribution in [0.2, 0.25) is 0 Å². The molecule has 1 unspecified atom stereocenters. The SMILES string of the molecule is CC1CCC(=O)CN1C(=O)O.O. The second-order valence-corrected chi connectivity index (χ2v) is 2.84. The first kappa shape index (κ1) is 10.9. The van der Waals surface area contributed by atoms with Gasteiger partial charge in [-0.15, -0.1) is 0 Å². The van der Waals surface area contributed by atoms with Crippen molar-refractivity contribution < 1.29 is 20.2 Å². The largest absolute Gasteiger partial charge is 0.465 e. The van der Waals surface area contributed by atoms with Crippen molar-refractivity contribution in [1.82, 2.24) is 4.90 Å². The van der Waals surface area contributed by atoms with Gasteiger partial charge in [0.25, 0.3) is 0 Å². The zero-order valence-electron chi connectivity index (χ0n) is 6.91. The molecule has 0 spiro atoms. The van der Waals surface area contributed by atoms with Crippen molar-refractivity contribution in [3.8, 4) is 0 Å². The van der Waals surface area contributed by atoms with Crippen molar-refractivity contribution in [3.05, 3.63) is 0 Å². The highest BCUT2D eigenvalue weighted by atomic mass is 16.4. The Kier molecular flexibility index (Phi) is 3.69. The van der Waals surface area contributed by atoms with Gasteiger partial charge in [-0.3, -0.25) is 9.69 Å². The van der Waals surface area contributed by atoms with Crippen LogP contribution in [0.5, 0.6) is 0 Å². The summed E-state index contributed by atoms with van der Waals surface area (Å²) in [5.41, 5.74) is 0. The van der Waals surface area contributed by atoms with Crippen LogP contribution in [0.3, 0.4) is 0 Å². The molecule has 0 aliphatic carbocycles. The van der Waals surface area contributed by atoms with E-state index in [0.717, 1.165) is 0 Å². The monoisotopic (exact) mass is 175 g/mol. The molecule has 0 aromatic rings. The molecular formula is C7H13NO4. The van der Waals surface area contributed by atoms with Crippen LogP contribution in [0.15, 0.2) is 0 Å². The second kappa shape index (κ2) is 4.06. The average molecular weight is 175 g/mol. The van der Waals surface area contributed by atoms with Gasteiger partial charge in [-0.05, 0) is 13.3 Å². The summed E-state index contributed by atoms with van der Waals surface area (Å²) < 4.78 is 0. The first-order valence-corrected chi connectivity index (χ1v) is 3.62. The van der Waals surface area contributed by atoms with E-state index < -0.39 is 6.09 Å². The number of amides is 1. The number of hydrogen-bond acceptors (Lipinski definition) is 2. The third-order valence-electron chi connectivity index (χ3n) is 1.97. The van der Waals surface area contributed by atoms with E-state index in [4.69, 9.17) is 5.11 Å². The molecule has 0 saturated carbocycles. The minimum atomic E-state index is -0.995. The van der Waals surface area contributed by atoms with Gasteiger partial charge >= 0.3 is 6.09 Å². The summed E-state index contributed by atoms with van der Waals surface area (Å²) in [5, 5.41) is 8.60. The minimum absolute atomic E-state index is 0. The fourth-order valence-corrected chi connectivity index (χ4v) is 1.21. The van der Waals surface area contributed by atoms with Gasteiger partial charge in [0, 0.05) is 12.5 Å². The molecular weight excluding hydrogens is 162 g/mol. The normalized spacial score (nSPS) is 23.2. The molecule has 0 aromatic heterocycles. The molecule has 3 N–H and O–H groups in total. The maximum atomic E-state index is 10.8. The lowest BCUT2D eigenvalue weighted by Crippen LogP contribution is -2.45. The number of rotatable bonds is 0. The molecule has 1 saturated heterocycles. The molecule has 0 bridgehead atoms. The molecule has 1 heterocycles. The lowest BCUT2D eigenvalue weighted by molar-refractivity contribution is -0.122. The van der Waals surface area contributed by atoms with E-state index in [9.17, 15) is 9.59 Å². The lowest BCUT2D eigenvalue weighted by Gasteiger charge is -2.29. The second-order valence-electron chi connectivity index (χ2n) is 2.84. The highest BCUT2D eigenvalue weighted by Gasteiger charge is 2.26. The first-order chi connectivity index (χ1) is 5.11. The van der Waals surface area contributed by atoms with E-state index in [-0.39, 0.29) is 23.8 Å². The van der Waals surface area contributed by atoms with E-state index in [1.54, 1.807) is 0 Å². The van der Waals surface area contributed by atoms with Crippen molar-refractivity contribution in [1.29, 1.82) is 0 Å². The molecule has 5 nitrogen and oxygen atoms in total. The van der Waals surface area contributed by atoms with Crippen LogP contribution >= 0.6 is 0 Å². The molecule has 0 radical (unpaired) electrons. The van der Waals surface area contributed by atoms with Gasteiger partial charge in [-0.2, -0.15) is 0 Å². The lowest BCUT2D eigenvalue weighted by atomic mass is 10.0. The Labute approximate surface area is 70.3 Å². The fraction of sp³-hybridized carbons (Fsp3) is 0.714. The van der Waals surface area contributed by atoms with Gasteiger partial charge in [-0.25, -0.2) is 4.79 Å². The maximum absolute atomic E-state index is 10.8. The van der Waals surface area contributed by atoms with E-state index in [0.29, 0.717) is 12.8 Å². The third-order valence-corrected chi connectivity index (χ3v) is 1.97. The van der Waals surface area contributed by atoms with Gasteiger partial charge in [0.05, 0.1) is 6.54 Å². The van der Waals surface area contributed by atoms with Crippen molar-refractivity contribution in [2.24, 2.45) is 0 Å². The Morgan fingerprint density at radius 2 is 2.25 bits per heavy atom. The molecule has 1 aliphatic rings. The number of ketones is 1. The maximum Gasteiger partial charge on any atom is 0.407 e. The molecule has 70 valence electrons. The molecule has 0 aromatic carbocycles. The summed E-state index contributed by atoms with van der Waals surface area (Å²) >= 11 is 0. The number of nitrogens with zero attached hydrogens (tertiary/aromatic N) is 1. The van der Waals surface area contributed by atoms with Gasteiger partial charge in [0.2, 0.25) is 0 Å². The summed E-state index contributed by atoms with van der Waals surface area (Å²) in [6, 6.07) is -0.00907. The van der Waals surface area contributed by atoms with Crippen LogP contribution < -0.4 is 0 Å². The van der Waals surface area contributed by atoms with Crippen LogP contribution in [0.25, 0.3) is 0 Å². The summed E-state index contributed by atoms with van der Waals surface area (Å²) in [5.74, 6) is 0.0190. The van der Waals surface area contributed by atoms with Crippen LogP contribution in [-0.2, 0) is 4.79 Å². The summed E-state index contributed by atoms with van der Waals surface area (Å²) in [7, 11) is 0. The van der Waals surface area contributed by atoms with E-state index >= 15 is 0 Å². The van der Waals surface area contributed by atoms with E-state index in [2.05, 4.69) is 0 Å². The van der Waals surface area contributed by atoms with Gasteiger partial charge in [0.1, 0.15) is 0 Å². The number of Topliss-reactive ketones (excluding diaryl/α,β-unsaturated/α-hetero) is 1. The molecule has 5 heteroatoms. The predicted molar refractivity (Wildman–Crippen MR) is 42.0 cm³/mol. The highest BCUT2D eigenvalue weighted by Crippen LogP contribution is 2.13. The van der Waals surface area contributed by atoms with Gasteiger partial charge in [-0.1, -0.05) is 0 Å². The number of carbonyl (C=O) groups is 2. The number of likely N-dealkylation sites (tertiary alicyclic amines) is 1. The van der Waals surface area contributed by atoms with Crippen LogP contribution in [0, 0.1) is 0 Å². The van der Waals surface area contributed by atoms with Crippen molar-refractivity contribution in [2.45, 2.75) is 25.8 Å². The molecule has 1 fully saturated rings. The molecule has 1 aliphatic heterocycles. The van der Waals surface area contributed by atoms with Crippen molar-refractivity contribution >= 4 is 11.9 Å². The zero-order valence-corrected chi connectivity index (χ0v) is 6.91. The van der Waals surface area contributed by atoms with Crippen LogP contribution in [0.4, 0.5) is 4.79 Å². The number of hydrogen-bond donors (Lipinski definition) is 1. The smallest absolute Gasteiger partial charge is 0.407 e. The van der Waals surface area contributed by atoms with Crippen LogP contribution in [-0.4, -0.2) is 39.9 Å². The summed E-state index contributed by atoms with van der Waals surface area (Å²) in [6.45, 7) is 1.89. The minimum Gasteiger partial charge on any atom is -0.465 e. The number of carbonyl (C=O) groups excluding carboxylic acids is 1. The Bertz CT molecular complexity index is 192. The zero-order chi connectivity index (χ0) is 8.43. The van der Waals surface area contributed by atoms with E-state index in [1.165, 1.54) is 4.90 Å². The summed E-state index contributed by atoms with van der Waals surface area (Å²) in [4.78, 5) is 22.5. The van der Waals surface area contributed by atoms with Crippen molar-refractivity contribution in [2.75, 3.05) is 6.54 Å². The number of piperidine rings is 1. The van der Waals surface area contributed by atoms with Gasteiger partial charge in [0.15, 0.2) is 5.78 Å². The molecule has 12 heavy (non-hydrogen) atoms.